The van der Waals surface area contributed by atoms with Crippen molar-refractivity contribution in [3.63, 3.8) is 0 Å². The number of hydrogen-bond donors (Lipinski definition) is 2. The molecule has 0 saturated heterocycles. The third-order valence-corrected chi connectivity index (χ3v) is 4.80. The molecule has 0 aromatic heterocycles. The van der Waals surface area contributed by atoms with E-state index in [1.807, 2.05) is 13.0 Å². The maximum absolute atomic E-state index is 12.4. The van der Waals surface area contributed by atoms with Crippen LogP contribution in [0.5, 0.6) is 5.75 Å². The highest BCUT2D eigenvalue weighted by molar-refractivity contribution is 7.89. The molecule has 2 rings (SSSR count). The highest BCUT2D eigenvalue weighted by Crippen LogP contribution is 2.29. The van der Waals surface area contributed by atoms with Crippen molar-refractivity contribution in [3.8, 4) is 5.75 Å². The van der Waals surface area contributed by atoms with E-state index >= 15 is 0 Å². The first-order valence-corrected chi connectivity index (χ1v) is 8.42. The Morgan fingerprint density at radius 1 is 1.35 bits per heavy atom. The Morgan fingerprint density at radius 3 is 2.70 bits per heavy atom. The largest absolute Gasteiger partial charge is 0.495 e. The van der Waals surface area contributed by atoms with E-state index in [-0.39, 0.29) is 4.90 Å². The predicted octanol–water partition coefficient (Wildman–Crippen LogP) is 1.49. The quantitative estimate of drug-likeness (QED) is 0.763. The summed E-state index contributed by atoms with van der Waals surface area (Å²) in [6.07, 6.45) is 2.22. The fourth-order valence-electron chi connectivity index (χ4n) is 1.94. The molecule has 5 nitrogen and oxygen atoms in total. The summed E-state index contributed by atoms with van der Waals surface area (Å²) in [6, 6.07) is 5.26. The minimum absolute atomic E-state index is 0.219. The van der Waals surface area contributed by atoms with Gasteiger partial charge in [-0.2, -0.15) is 0 Å². The van der Waals surface area contributed by atoms with Gasteiger partial charge in [-0.1, -0.05) is 13.0 Å². The van der Waals surface area contributed by atoms with Gasteiger partial charge in [-0.3, -0.25) is 0 Å². The lowest BCUT2D eigenvalue weighted by molar-refractivity contribution is 0.402. The van der Waals surface area contributed by atoms with E-state index in [1.54, 1.807) is 12.1 Å². The van der Waals surface area contributed by atoms with E-state index < -0.39 is 10.0 Å². The van der Waals surface area contributed by atoms with Gasteiger partial charge in [0.25, 0.3) is 0 Å². The summed E-state index contributed by atoms with van der Waals surface area (Å²) in [5.74, 6) is 0.884. The number of methoxy groups -OCH3 is 1. The van der Waals surface area contributed by atoms with Gasteiger partial charge < -0.3 is 10.1 Å². The summed E-state index contributed by atoms with van der Waals surface area (Å²) in [4.78, 5) is 0.219. The summed E-state index contributed by atoms with van der Waals surface area (Å²) < 4.78 is 32.6. The van der Waals surface area contributed by atoms with Crippen molar-refractivity contribution in [1.82, 2.24) is 10.0 Å². The van der Waals surface area contributed by atoms with E-state index in [2.05, 4.69) is 10.0 Å². The first kappa shape index (κ1) is 15.3. The van der Waals surface area contributed by atoms with Crippen molar-refractivity contribution in [1.29, 1.82) is 0 Å². The lowest BCUT2D eigenvalue weighted by Crippen LogP contribution is -2.26. The fourth-order valence-corrected chi connectivity index (χ4v) is 3.27. The van der Waals surface area contributed by atoms with Crippen LogP contribution >= 0.6 is 0 Å². The molecule has 112 valence electrons. The van der Waals surface area contributed by atoms with Crippen LogP contribution in [-0.2, 0) is 16.6 Å². The van der Waals surface area contributed by atoms with Crippen molar-refractivity contribution in [2.75, 3.05) is 20.2 Å². The first-order chi connectivity index (χ1) is 9.56. The van der Waals surface area contributed by atoms with Crippen molar-refractivity contribution < 1.29 is 13.2 Å². The van der Waals surface area contributed by atoms with Crippen LogP contribution in [0.25, 0.3) is 0 Å². The molecule has 0 amide bonds. The number of ether oxygens (including phenoxy) is 1. The Balaban J connectivity index is 2.21. The number of nitrogens with one attached hydrogen (secondary N) is 2. The van der Waals surface area contributed by atoms with E-state index in [9.17, 15) is 8.42 Å². The predicted molar refractivity (Wildman–Crippen MR) is 78.3 cm³/mol. The Labute approximate surface area is 120 Å². The van der Waals surface area contributed by atoms with Gasteiger partial charge in [0, 0.05) is 13.1 Å². The zero-order chi connectivity index (χ0) is 14.6. The van der Waals surface area contributed by atoms with Crippen LogP contribution in [0, 0.1) is 5.92 Å². The normalized spacial score (nSPS) is 15.3. The number of benzene rings is 1. The van der Waals surface area contributed by atoms with Crippen LogP contribution < -0.4 is 14.8 Å². The Bertz CT molecular complexity index is 554. The molecule has 0 bridgehead atoms. The second-order valence-corrected chi connectivity index (χ2v) is 6.80. The van der Waals surface area contributed by atoms with Crippen LogP contribution in [0.1, 0.15) is 25.3 Å². The number of hydrogen-bond acceptors (Lipinski definition) is 4. The van der Waals surface area contributed by atoms with E-state index in [1.165, 1.54) is 7.11 Å². The van der Waals surface area contributed by atoms with Gasteiger partial charge >= 0.3 is 0 Å². The maximum Gasteiger partial charge on any atom is 0.244 e. The molecule has 1 aromatic rings. The van der Waals surface area contributed by atoms with E-state index in [4.69, 9.17) is 4.74 Å². The Hall–Kier alpha value is -1.11. The summed E-state index contributed by atoms with van der Waals surface area (Å²) in [6.45, 7) is 4.01. The SMILES string of the molecule is CCNCc1ccc(OC)c(S(=O)(=O)NCC2CC2)c1. The van der Waals surface area contributed by atoms with E-state index in [0.717, 1.165) is 24.9 Å². The minimum Gasteiger partial charge on any atom is -0.495 e. The molecule has 6 heteroatoms. The summed E-state index contributed by atoms with van der Waals surface area (Å²) in [7, 11) is -2.02. The maximum atomic E-state index is 12.4. The Morgan fingerprint density at radius 2 is 2.10 bits per heavy atom. The average molecular weight is 298 g/mol. The lowest BCUT2D eigenvalue weighted by atomic mass is 10.2. The third-order valence-electron chi connectivity index (χ3n) is 3.36. The molecule has 1 saturated carbocycles. The van der Waals surface area contributed by atoms with Crippen molar-refractivity contribution in [2.24, 2.45) is 5.92 Å². The van der Waals surface area contributed by atoms with Gasteiger partial charge in [-0.25, -0.2) is 13.1 Å². The third kappa shape index (κ3) is 3.94. The smallest absolute Gasteiger partial charge is 0.244 e. The van der Waals surface area contributed by atoms with Crippen LogP contribution in [0.3, 0.4) is 0 Å². The highest BCUT2D eigenvalue weighted by atomic mass is 32.2. The van der Waals surface area contributed by atoms with Crippen molar-refractivity contribution in [3.05, 3.63) is 23.8 Å². The summed E-state index contributed by atoms with van der Waals surface area (Å²) >= 11 is 0. The highest BCUT2D eigenvalue weighted by Gasteiger charge is 2.26. The second-order valence-electron chi connectivity index (χ2n) is 5.06. The van der Waals surface area contributed by atoms with Gasteiger partial charge in [0.2, 0.25) is 10.0 Å². The van der Waals surface area contributed by atoms with Crippen LogP contribution in [0.15, 0.2) is 23.1 Å². The van der Waals surface area contributed by atoms with Gasteiger partial charge in [0.1, 0.15) is 10.6 Å². The first-order valence-electron chi connectivity index (χ1n) is 6.94. The molecule has 0 atom stereocenters. The molecule has 20 heavy (non-hydrogen) atoms. The molecule has 0 aliphatic heterocycles. The zero-order valence-electron chi connectivity index (χ0n) is 12.0. The molecule has 0 spiro atoms. The molecule has 1 fully saturated rings. The zero-order valence-corrected chi connectivity index (χ0v) is 12.8. The van der Waals surface area contributed by atoms with E-state index in [0.29, 0.717) is 24.8 Å². The van der Waals surface area contributed by atoms with Crippen LogP contribution in [0.4, 0.5) is 0 Å². The number of sulfonamides is 1. The molecule has 1 aromatic carbocycles. The molecule has 0 unspecified atom stereocenters. The molecule has 2 N–H and O–H groups in total. The van der Waals surface area contributed by atoms with Crippen LogP contribution in [0.2, 0.25) is 0 Å². The Kier molecular flexibility index (Phi) is 5.01. The second kappa shape index (κ2) is 6.56. The van der Waals surface area contributed by atoms with Gasteiger partial charge in [-0.05, 0) is 43.0 Å². The standard InChI is InChI=1S/C14H22N2O3S/c1-3-15-9-12-6-7-13(19-2)14(8-12)20(17,18)16-10-11-4-5-11/h6-8,11,15-16H,3-5,9-10H2,1-2H3. The molecular weight excluding hydrogens is 276 g/mol. The van der Waals surface area contributed by atoms with Crippen LogP contribution in [-0.4, -0.2) is 28.6 Å². The topological polar surface area (TPSA) is 67.4 Å². The monoisotopic (exact) mass is 298 g/mol. The number of rotatable bonds is 8. The lowest BCUT2D eigenvalue weighted by Gasteiger charge is -2.12. The molecule has 1 aliphatic rings. The fraction of sp³-hybridized carbons (Fsp3) is 0.571. The molecule has 0 heterocycles. The minimum atomic E-state index is -3.51. The van der Waals surface area contributed by atoms with Gasteiger partial charge in [0.15, 0.2) is 0 Å². The summed E-state index contributed by atoms with van der Waals surface area (Å²) in [5.41, 5.74) is 0.930. The summed E-state index contributed by atoms with van der Waals surface area (Å²) in [5, 5.41) is 3.18. The molecular formula is C14H22N2O3S. The van der Waals surface area contributed by atoms with Gasteiger partial charge in [0.05, 0.1) is 7.11 Å². The average Bonchev–Trinajstić information content (AvgIpc) is 3.27. The molecule has 0 radical (unpaired) electrons. The van der Waals surface area contributed by atoms with Crippen molar-refractivity contribution >= 4 is 10.0 Å². The van der Waals surface area contributed by atoms with Crippen molar-refractivity contribution in [2.45, 2.75) is 31.2 Å². The van der Waals surface area contributed by atoms with Gasteiger partial charge in [-0.15, -0.1) is 0 Å². The molecule has 1 aliphatic carbocycles.